The van der Waals surface area contributed by atoms with Gasteiger partial charge in [-0.25, -0.2) is 9.69 Å². The van der Waals surface area contributed by atoms with Crippen molar-refractivity contribution in [2.24, 2.45) is 4.99 Å². The number of nitrogens with one attached hydrogen (secondary N) is 1. The van der Waals surface area contributed by atoms with Crippen LogP contribution in [0.2, 0.25) is 0 Å². The van der Waals surface area contributed by atoms with Crippen LogP contribution >= 0.6 is 0 Å². The van der Waals surface area contributed by atoms with Crippen LogP contribution in [0.5, 0.6) is 11.5 Å². The molecule has 0 aromatic heterocycles. The number of amides is 4. The number of anilines is 1. The molecule has 1 heterocycles. The first-order valence-electron chi connectivity index (χ1n) is 11.1. The van der Waals surface area contributed by atoms with E-state index < -0.39 is 29.8 Å². The van der Waals surface area contributed by atoms with Crippen molar-refractivity contribution in [3.8, 4) is 11.5 Å². The fourth-order valence-electron chi connectivity index (χ4n) is 3.52. The van der Waals surface area contributed by atoms with Gasteiger partial charge in [-0.2, -0.15) is 4.99 Å². The molecule has 2 aromatic rings. The largest absolute Gasteiger partial charge is 0.427 e. The van der Waals surface area contributed by atoms with Crippen molar-refractivity contribution in [2.75, 3.05) is 18.5 Å². The molecule has 0 bridgehead atoms. The Bertz CT molecular complexity index is 1250. The lowest BCUT2D eigenvalue weighted by Crippen LogP contribution is -2.79. The van der Waals surface area contributed by atoms with Crippen molar-refractivity contribution in [3.63, 3.8) is 0 Å². The van der Waals surface area contributed by atoms with Crippen LogP contribution in [0.3, 0.4) is 0 Å². The summed E-state index contributed by atoms with van der Waals surface area (Å²) in [6.45, 7) is 4.27. The fourth-order valence-corrected chi connectivity index (χ4v) is 3.52. The summed E-state index contributed by atoms with van der Waals surface area (Å²) < 4.78 is 10.1. The van der Waals surface area contributed by atoms with Crippen LogP contribution in [0.25, 0.3) is 0 Å². The van der Waals surface area contributed by atoms with E-state index in [-0.39, 0.29) is 35.2 Å². The molecule has 36 heavy (non-hydrogen) atoms. The number of esters is 2. The molecule has 0 unspecified atom stereocenters. The van der Waals surface area contributed by atoms with Gasteiger partial charge in [0.2, 0.25) is 5.71 Å². The highest BCUT2D eigenvalue weighted by molar-refractivity contribution is 6.73. The standard InChI is InChI=1S/C25H24N4O7/c1-5-11-28-24(33)21(22(26-4)29(25(28)34)18-9-7-6-8-10-18)27-23(32)17-12-19(35-15(2)30)14-20(13-17)36-16(3)31/h6-10,12-14H,5,11H2,1-4H3/p+1. The molecule has 2 aromatic carbocycles. The number of rotatable bonds is 6. The van der Waals surface area contributed by atoms with Crippen molar-refractivity contribution < 1.29 is 38.4 Å². The highest BCUT2D eigenvalue weighted by Crippen LogP contribution is 2.25. The normalized spacial score (nSPS) is 15.9. The van der Waals surface area contributed by atoms with E-state index in [0.29, 0.717) is 12.1 Å². The van der Waals surface area contributed by atoms with E-state index in [1.807, 2.05) is 6.92 Å². The summed E-state index contributed by atoms with van der Waals surface area (Å²) in [5.41, 5.74) is 0.0758. The van der Waals surface area contributed by atoms with Gasteiger partial charge < -0.3 is 9.47 Å². The smallest absolute Gasteiger partial charge is 0.423 e. The second-order valence-corrected chi connectivity index (χ2v) is 7.65. The lowest BCUT2D eigenvalue weighted by molar-refractivity contribution is -0.418. The molecule has 11 nitrogen and oxygen atoms in total. The zero-order chi connectivity index (χ0) is 26.4. The summed E-state index contributed by atoms with van der Waals surface area (Å²) in [6, 6.07) is 11.8. The van der Waals surface area contributed by atoms with Crippen LogP contribution in [-0.4, -0.2) is 59.8 Å². The SMILES string of the molecule is CCCN1C(=O)C(=NC(=O)c2cc(OC(C)=O)cc(OC(C)=O)c2)C(=[NH+]C)N(c2ccccc2)C1=O. The number of urea groups is 1. The molecule has 11 heteroatoms. The Morgan fingerprint density at radius 2 is 1.53 bits per heavy atom. The lowest BCUT2D eigenvalue weighted by atomic mass is 10.1. The predicted molar refractivity (Wildman–Crippen MR) is 129 cm³/mol. The number of hydrogen-bond donors (Lipinski definition) is 1. The first-order valence-corrected chi connectivity index (χ1v) is 11.1. The van der Waals surface area contributed by atoms with Crippen molar-refractivity contribution >= 4 is 47.0 Å². The van der Waals surface area contributed by atoms with E-state index in [9.17, 15) is 24.0 Å². The molecule has 0 spiro atoms. The van der Waals surface area contributed by atoms with Crippen LogP contribution < -0.4 is 19.4 Å². The highest BCUT2D eigenvalue weighted by atomic mass is 16.5. The summed E-state index contributed by atoms with van der Waals surface area (Å²) in [5.74, 6) is -3.01. The zero-order valence-corrected chi connectivity index (χ0v) is 20.2. The molecular weight excluding hydrogens is 468 g/mol. The summed E-state index contributed by atoms with van der Waals surface area (Å²) in [5, 5.41) is 0. The number of imide groups is 1. The number of para-hydroxylation sites is 1. The average molecular weight is 493 g/mol. The monoisotopic (exact) mass is 493 g/mol. The van der Waals surface area contributed by atoms with Crippen molar-refractivity contribution in [1.29, 1.82) is 0 Å². The van der Waals surface area contributed by atoms with Crippen LogP contribution in [0.1, 0.15) is 37.6 Å². The summed E-state index contributed by atoms with van der Waals surface area (Å²) in [7, 11) is 1.50. The number of ether oxygens (including phenoxy) is 2. The average Bonchev–Trinajstić information content (AvgIpc) is 2.82. The lowest BCUT2D eigenvalue weighted by Gasteiger charge is -2.29. The van der Waals surface area contributed by atoms with Crippen molar-refractivity contribution in [1.82, 2.24) is 4.90 Å². The van der Waals surface area contributed by atoms with Crippen molar-refractivity contribution in [2.45, 2.75) is 27.2 Å². The van der Waals surface area contributed by atoms with E-state index in [2.05, 4.69) is 9.98 Å². The van der Waals surface area contributed by atoms with Gasteiger partial charge in [0.1, 0.15) is 17.2 Å². The molecule has 1 saturated heterocycles. The summed E-state index contributed by atoms with van der Waals surface area (Å²) >= 11 is 0. The molecule has 1 fully saturated rings. The number of nitrogens with zero attached hydrogens (tertiary/aromatic N) is 3. The van der Waals surface area contributed by atoms with Crippen LogP contribution in [-0.2, 0) is 14.4 Å². The predicted octanol–water partition coefficient (Wildman–Crippen LogP) is 1.11. The second kappa shape index (κ2) is 11.2. The first kappa shape index (κ1) is 25.9. The van der Waals surface area contributed by atoms with Crippen LogP contribution in [0, 0.1) is 0 Å². The number of aliphatic imine (C=N–C) groups is 1. The zero-order valence-electron chi connectivity index (χ0n) is 20.2. The maximum Gasteiger partial charge on any atom is 0.423 e. The molecule has 3 rings (SSSR count). The van der Waals surface area contributed by atoms with Gasteiger partial charge in [0.05, 0.1) is 7.05 Å². The van der Waals surface area contributed by atoms with E-state index in [0.717, 1.165) is 4.90 Å². The Morgan fingerprint density at radius 3 is 2.03 bits per heavy atom. The Morgan fingerprint density at radius 1 is 0.944 bits per heavy atom. The molecular formula is C25H25N4O7+. The molecule has 0 aliphatic carbocycles. The van der Waals surface area contributed by atoms with E-state index in [4.69, 9.17) is 9.47 Å². The summed E-state index contributed by atoms with van der Waals surface area (Å²) in [4.78, 5) is 71.7. The van der Waals surface area contributed by atoms with Crippen molar-refractivity contribution in [3.05, 3.63) is 54.1 Å². The molecule has 0 saturated carbocycles. The number of hydrogen-bond acceptors (Lipinski definition) is 7. The third-order valence-corrected chi connectivity index (χ3v) is 4.88. The molecule has 1 aliphatic heterocycles. The quantitative estimate of drug-likeness (QED) is 0.470. The van der Waals surface area contributed by atoms with E-state index in [1.165, 1.54) is 44.0 Å². The summed E-state index contributed by atoms with van der Waals surface area (Å²) in [6.07, 6.45) is 0.492. The Kier molecular flexibility index (Phi) is 8.05. The van der Waals surface area contributed by atoms with Gasteiger partial charge >= 0.3 is 23.8 Å². The molecule has 0 radical (unpaired) electrons. The molecule has 0 atom stereocenters. The topological polar surface area (TPSA) is 137 Å². The van der Waals surface area contributed by atoms with Gasteiger partial charge in [-0.3, -0.25) is 24.2 Å². The molecule has 4 amide bonds. The highest BCUT2D eigenvalue weighted by Gasteiger charge is 2.48. The maximum atomic E-state index is 13.3. The third-order valence-electron chi connectivity index (χ3n) is 4.88. The van der Waals surface area contributed by atoms with E-state index in [1.54, 1.807) is 30.3 Å². The molecule has 186 valence electrons. The number of carbonyl (C=O) groups excluding carboxylic acids is 5. The fraction of sp³-hybridized carbons (Fsp3) is 0.240. The minimum Gasteiger partial charge on any atom is -0.427 e. The molecule has 1 N–H and O–H groups in total. The minimum absolute atomic E-state index is 0.0215. The third kappa shape index (κ3) is 5.69. The number of amidine groups is 1. The second-order valence-electron chi connectivity index (χ2n) is 7.65. The van der Waals surface area contributed by atoms with Gasteiger partial charge in [-0.05, 0) is 30.7 Å². The maximum absolute atomic E-state index is 13.3. The van der Waals surface area contributed by atoms with E-state index >= 15 is 0 Å². The number of benzene rings is 2. The first-order chi connectivity index (χ1) is 17.2. The van der Waals surface area contributed by atoms with Gasteiger partial charge in [-0.1, -0.05) is 25.1 Å². The minimum atomic E-state index is -0.882. The van der Waals surface area contributed by atoms with Crippen LogP contribution in [0.4, 0.5) is 10.5 Å². The van der Waals surface area contributed by atoms with Gasteiger partial charge in [0.15, 0.2) is 0 Å². The number of carbonyl (C=O) groups is 5. The van der Waals surface area contributed by atoms with Gasteiger partial charge in [-0.15, -0.1) is 4.90 Å². The molecule has 1 aliphatic rings. The van der Waals surface area contributed by atoms with Gasteiger partial charge in [0.25, 0.3) is 11.8 Å². The Balaban J connectivity index is 2.12. The van der Waals surface area contributed by atoms with Crippen LogP contribution in [0.15, 0.2) is 53.5 Å². The Hall–Kier alpha value is -4.67. The van der Waals surface area contributed by atoms with Gasteiger partial charge in [0, 0.05) is 32.0 Å². The Labute approximate surface area is 207 Å².